The van der Waals surface area contributed by atoms with Crippen molar-refractivity contribution in [3.05, 3.63) is 40.4 Å². The molecular weight excluding hydrogens is 359 g/mol. The first-order valence-electron chi connectivity index (χ1n) is 5.39. The number of aromatic amines is 1. The van der Waals surface area contributed by atoms with Gasteiger partial charge in [0, 0.05) is 22.7 Å². The molecule has 4 aromatic rings. The second kappa shape index (κ2) is 3.79. The van der Waals surface area contributed by atoms with E-state index in [9.17, 15) is 0 Å². The highest BCUT2D eigenvalue weighted by Crippen LogP contribution is 2.28. The average molecular weight is 366 g/mol. The molecule has 0 radical (unpaired) electrons. The number of imidazole rings is 1. The van der Waals surface area contributed by atoms with Gasteiger partial charge in [0.2, 0.25) is 4.96 Å². The normalized spacial score (nSPS) is 11.6. The summed E-state index contributed by atoms with van der Waals surface area (Å²) in [6, 6.07) is 8.39. The molecule has 0 aliphatic heterocycles. The van der Waals surface area contributed by atoms with Gasteiger partial charge in [-0.1, -0.05) is 11.3 Å². The molecule has 0 amide bonds. The predicted octanol–water partition coefficient (Wildman–Crippen LogP) is 3.54. The zero-order valence-electron chi connectivity index (χ0n) is 9.09. The fraction of sp³-hybridized carbons (Fsp3) is 0. The molecule has 0 saturated heterocycles. The molecule has 0 saturated carbocycles. The number of H-pyrrole nitrogens is 1. The molecule has 1 N–H and O–H groups in total. The van der Waals surface area contributed by atoms with E-state index < -0.39 is 0 Å². The Morgan fingerprint density at radius 2 is 2.22 bits per heavy atom. The summed E-state index contributed by atoms with van der Waals surface area (Å²) >= 11 is 3.81. The summed E-state index contributed by atoms with van der Waals surface area (Å²) in [5.74, 6) is 0. The number of nitrogens with zero attached hydrogens (tertiary/aromatic N) is 3. The molecule has 4 nitrogen and oxygen atoms in total. The third kappa shape index (κ3) is 1.56. The molecule has 4 rings (SSSR count). The second-order valence-electron chi connectivity index (χ2n) is 3.98. The summed E-state index contributed by atoms with van der Waals surface area (Å²) in [6.45, 7) is 0. The van der Waals surface area contributed by atoms with Gasteiger partial charge in [0.25, 0.3) is 0 Å². The van der Waals surface area contributed by atoms with Crippen LogP contribution in [-0.4, -0.2) is 19.6 Å². The Bertz CT molecular complexity index is 826. The quantitative estimate of drug-likeness (QED) is 0.524. The van der Waals surface area contributed by atoms with Gasteiger partial charge < -0.3 is 4.98 Å². The SMILES string of the molecule is Ic1cn2nc(-c3ccc4[nH]ccc4c3)sc2n1. The molecule has 0 unspecified atom stereocenters. The molecule has 0 bridgehead atoms. The van der Waals surface area contributed by atoms with E-state index in [1.165, 1.54) is 5.39 Å². The molecule has 1 aromatic carbocycles. The van der Waals surface area contributed by atoms with Gasteiger partial charge >= 0.3 is 0 Å². The monoisotopic (exact) mass is 366 g/mol. The Balaban J connectivity index is 1.91. The standard InChI is InChI=1S/C12H7IN4S/c13-10-6-17-12(15-10)18-11(16-17)8-1-2-9-7(5-8)3-4-14-9/h1-6,14H. The van der Waals surface area contributed by atoms with Crippen LogP contribution < -0.4 is 0 Å². The third-order valence-corrected chi connectivity index (χ3v) is 4.31. The zero-order chi connectivity index (χ0) is 12.1. The molecule has 0 aliphatic carbocycles. The zero-order valence-corrected chi connectivity index (χ0v) is 12.1. The van der Waals surface area contributed by atoms with Crippen molar-refractivity contribution in [1.82, 2.24) is 19.6 Å². The van der Waals surface area contributed by atoms with Gasteiger partial charge in [-0.05, 0) is 46.9 Å². The first-order valence-corrected chi connectivity index (χ1v) is 7.28. The molecule has 88 valence electrons. The van der Waals surface area contributed by atoms with Crippen molar-refractivity contribution >= 4 is 49.8 Å². The van der Waals surface area contributed by atoms with Crippen LogP contribution in [0.1, 0.15) is 0 Å². The van der Waals surface area contributed by atoms with Crippen molar-refractivity contribution in [3.8, 4) is 10.6 Å². The van der Waals surface area contributed by atoms with Crippen molar-refractivity contribution < 1.29 is 0 Å². The van der Waals surface area contributed by atoms with Crippen molar-refractivity contribution in [1.29, 1.82) is 0 Å². The van der Waals surface area contributed by atoms with E-state index in [-0.39, 0.29) is 0 Å². The van der Waals surface area contributed by atoms with E-state index in [2.05, 4.69) is 61.9 Å². The summed E-state index contributed by atoms with van der Waals surface area (Å²) in [5.41, 5.74) is 2.28. The Morgan fingerprint density at radius 1 is 1.28 bits per heavy atom. The maximum absolute atomic E-state index is 4.55. The van der Waals surface area contributed by atoms with Gasteiger partial charge in [-0.3, -0.25) is 0 Å². The minimum atomic E-state index is 0.934. The predicted molar refractivity (Wildman–Crippen MR) is 80.9 cm³/mol. The third-order valence-electron chi connectivity index (χ3n) is 2.81. The van der Waals surface area contributed by atoms with Crippen LogP contribution in [0, 0.1) is 3.70 Å². The second-order valence-corrected chi connectivity index (χ2v) is 6.04. The van der Waals surface area contributed by atoms with Crippen LogP contribution in [-0.2, 0) is 0 Å². The fourth-order valence-electron chi connectivity index (χ4n) is 1.98. The molecule has 0 aliphatic rings. The lowest BCUT2D eigenvalue weighted by Crippen LogP contribution is -1.82. The van der Waals surface area contributed by atoms with Gasteiger partial charge in [-0.15, -0.1) is 0 Å². The minimum absolute atomic E-state index is 0.934. The number of halogens is 1. The smallest absolute Gasteiger partial charge is 0.213 e. The van der Waals surface area contributed by atoms with Crippen LogP contribution in [0.15, 0.2) is 36.7 Å². The first-order chi connectivity index (χ1) is 8.79. The van der Waals surface area contributed by atoms with Gasteiger partial charge in [0.15, 0.2) is 0 Å². The Labute approximate surface area is 120 Å². The van der Waals surface area contributed by atoms with Crippen molar-refractivity contribution in [2.24, 2.45) is 0 Å². The lowest BCUT2D eigenvalue weighted by atomic mass is 10.2. The highest BCUT2D eigenvalue weighted by atomic mass is 127. The minimum Gasteiger partial charge on any atom is -0.361 e. The highest BCUT2D eigenvalue weighted by Gasteiger charge is 2.09. The van der Waals surface area contributed by atoms with Gasteiger partial charge in [-0.25, -0.2) is 9.50 Å². The highest BCUT2D eigenvalue weighted by molar-refractivity contribution is 14.1. The summed E-state index contributed by atoms with van der Waals surface area (Å²) < 4.78 is 2.81. The first kappa shape index (κ1) is 10.5. The molecule has 3 heterocycles. The van der Waals surface area contributed by atoms with E-state index in [1.807, 2.05) is 16.9 Å². The molecule has 0 spiro atoms. The van der Waals surface area contributed by atoms with Crippen LogP contribution >= 0.6 is 33.9 Å². The van der Waals surface area contributed by atoms with Crippen molar-refractivity contribution in [2.45, 2.75) is 0 Å². The number of fused-ring (bicyclic) bond motifs is 2. The maximum Gasteiger partial charge on any atom is 0.213 e. The van der Waals surface area contributed by atoms with Gasteiger partial charge in [0.05, 0.1) is 6.20 Å². The van der Waals surface area contributed by atoms with E-state index in [0.29, 0.717) is 0 Å². The topological polar surface area (TPSA) is 46.0 Å². The largest absolute Gasteiger partial charge is 0.361 e. The Kier molecular flexibility index (Phi) is 2.21. The number of benzene rings is 1. The maximum atomic E-state index is 4.55. The number of hydrogen-bond donors (Lipinski definition) is 1. The van der Waals surface area contributed by atoms with Crippen LogP contribution in [0.3, 0.4) is 0 Å². The number of nitrogens with one attached hydrogen (secondary N) is 1. The summed E-state index contributed by atoms with van der Waals surface area (Å²) in [7, 11) is 0. The summed E-state index contributed by atoms with van der Waals surface area (Å²) in [4.78, 5) is 8.54. The van der Waals surface area contributed by atoms with Gasteiger partial charge in [0.1, 0.15) is 8.71 Å². The Hall–Kier alpha value is -1.41. The number of aromatic nitrogens is 4. The lowest BCUT2D eigenvalue weighted by molar-refractivity contribution is 0.977. The van der Waals surface area contributed by atoms with Crippen LogP contribution in [0.5, 0.6) is 0 Å². The average Bonchev–Trinajstić information content (AvgIpc) is 3.00. The molecule has 0 atom stereocenters. The lowest BCUT2D eigenvalue weighted by Gasteiger charge is -1.95. The summed E-state index contributed by atoms with van der Waals surface area (Å²) in [5, 5.41) is 6.75. The number of rotatable bonds is 1. The van der Waals surface area contributed by atoms with E-state index in [1.54, 1.807) is 11.3 Å². The summed E-state index contributed by atoms with van der Waals surface area (Å²) in [6.07, 6.45) is 3.89. The molecular formula is C12H7IN4S. The molecule has 18 heavy (non-hydrogen) atoms. The van der Waals surface area contributed by atoms with Gasteiger partial charge in [-0.2, -0.15) is 5.10 Å². The van der Waals surface area contributed by atoms with E-state index in [0.717, 1.165) is 24.7 Å². The molecule has 6 heteroatoms. The van der Waals surface area contributed by atoms with Crippen LogP contribution in [0.4, 0.5) is 0 Å². The fourth-order valence-corrected chi connectivity index (χ4v) is 3.51. The van der Waals surface area contributed by atoms with Crippen LogP contribution in [0.25, 0.3) is 26.4 Å². The van der Waals surface area contributed by atoms with Crippen LogP contribution in [0.2, 0.25) is 0 Å². The van der Waals surface area contributed by atoms with E-state index in [4.69, 9.17) is 0 Å². The van der Waals surface area contributed by atoms with E-state index >= 15 is 0 Å². The molecule has 3 aromatic heterocycles. The Morgan fingerprint density at radius 3 is 3.11 bits per heavy atom. The van der Waals surface area contributed by atoms with Crippen molar-refractivity contribution in [3.63, 3.8) is 0 Å². The van der Waals surface area contributed by atoms with Crippen molar-refractivity contribution in [2.75, 3.05) is 0 Å². The molecule has 0 fully saturated rings. The number of hydrogen-bond acceptors (Lipinski definition) is 3.